The molecule has 1 unspecified atom stereocenters. The molecule has 1 atom stereocenters. The average Bonchev–Trinajstić information content (AvgIpc) is 2.96. The minimum Gasteiger partial charge on any atom is -0.347 e. The zero-order chi connectivity index (χ0) is 18.0. The summed E-state index contributed by atoms with van der Waals surface area (Å²) < 4.78 is 0. The molecule has 0 saturated carbocycles. The van der Waals surface area contributed by atoms with Crippen LogP contribution in [0, 0.1) is 10.1 Å². The molecule has 1 aliphatic rings. The van der Waals surface area contributed by atoms with Crippen molar-refractivity contribution in [1.82, 2.24) is 5.32 Å². The van der Waals surface area contributed by atoms with E-state index in [-0.39, 0.29) is 29.6 Å². The smallest absolute Gasteiger partial charge is 0.270 e. The van der Waals surface area contributed by atoms with E-state index in [1.165, 1.54) is 24.3 Å². The standard InChI is InChI=1S/C17H14ClN3O4/c18-12-4-6-14(7-5-12)20-10-13(9-16(20)22)19-17(23)11-2-1-3-15(8-11)21(24)25/h1-8,13H,9-10H2,(H,19,23). The number of halogens is 1. The van der Waals surface area contributed by atoms with Crippen LogP contribution in [0.5, 0.6) is 0 Å². The number of rotatable bonds is 4. The minimum absolute atomic E-state index is 0.105. The molecule has 2 aromatic carbocycles. The Balaban J connectivity index is 1.69. The van der Waals surface area contributed by atoms with Gasteiger partial charge in [0.15, 0.2) is 0 Å². The van der Waals surface area contributed by atoms with Gasteiger partial charge in [0.25, 0.3) is 11.6 Å². The van der Waals surface area contributed by atoms with Crippen LogP contribution in [0.25, 0.3) is 0 Å². The van der Waals surface area contributed by atoms with Gasteiger partial charge in [-0.05, 0) is 30.3 Å². The van der Waals surface area contributed by atoms with Crippen molar-refractivity contribution in [2.24, 2.45) is 0 Å². The topological polar surface area (TPSA) is 92.6 Å². The van der Waals surface area contributed by atoms with E-state index >= 15 is 0 Å². The molecule has 0 radical (unpaired) electrons. The van der Waals surface area contributed by atoms with Crippen LogP contribution in [-0.2, 0) is 4.79 Å². The van der Waals surface area contributed by atoms with E-state index in [0.717, 1.165) is 0 Å². The van der Waals surface area contributed by atoms with Gasteiger partial charge in [-0.1, -0.05) is 17.7 Å². The van der Waals surface area contributed by atoms with E-state index in [1.807, 2.05) is 0 Å². The van der Waals surface area contributed by atoms with Gasteiger partial charge < -0.3 is 10.2 Å². The van der Waals surface area contributed by atoms with E-state index in [0.29, 0.717) is 17.3 Å². The van der Waals surface area contributed by atoms with Crippen molar-refractivity contribution in [2.75, 3.05) is 11.4 Å². The van der Waals surface area contributed by atoms with Crippen LogP contribution in [0.3, 0.4) is 0 Å². The van der Waals surface area contributed by atoms with Crippen molar-refractivity contribution in [3.05, 3.63) is 69.2 Å². The number of carbonyl (C=O) groups is 2. The summed E-state index contributed by atoms with van der Waals surface area (Å²) in [5.41, 5.74) is 0.742. The maximum absolute atomic E-state index is 12.3. The molecule has 8 heteroatoms. The molecule has 128 valence electrons. The highest BCUT2D eigenvalue weighted by Gasteiger charge is 2.31. The van der Waals surface area contributed by atoms with E-state index < -0.39 is 10.8 Å². The van der Waals surface area contributed by atoms with Gasteiger partial charge in [-0.15, -0.1) is 0 Å². The van der Waals surface area contributed by atoms with Gasteiger partial charge in [0.1, 0.15) is 0 Å². The van der Waals surface area contributed by atoms with Crippen molar-refractivity contribution in [3.63, 3.8) is 0 Å². The minimum atomic E-state index is -0.557. The molecule has 2 amide bonds. The van der Waals surface area contributed by atoms with E-state index in [1.54, 1.807) is 29.2 Å². The summed E-state index contributed by atoms with van der Waals surface area (Å²) in [6.45, 7) is 0.334. The number of nitrogens with one attached hydrogen (secondary N) is 1. The highest BCUT2D eigenvalue weighted by Crippen LogP contribution is 2.23. The lowest BCUT2D eigenvalue weighted by Gasteiger charge is -2.17. The molecule has 2 aromatic rings. The highest BCUT2D eigenvalue weighted by molar-refractivity contribution is 6.30. The van der Waals surface area contributed by atoms with Crippen LogP contribution in [-0.4, -0.2) is 29.3 Å². The number of hydrogen-bond acceptors (Lipinski definition) is 4. The van der Waals surface area contributed by atoms with Gasteiger partial charge in [-0.25, -0.2) is 0 Å². The van der Waals surface area contributed by atoms with Crippen LogP contribution in [0.1, 0.15) is 16.8 Å². The molecule has 3 rings (SSSR count). The Morgan fingerprint density at radius 3 is 2.64 bits per heavy atom. The summed E-state index contributed by atoms with van der Waals surface area (Å²) in [6.07, 6.45) is 0.170. The summed E-state index contributed by atoms with van der Waals surface area (Å²) in [5, 5.41) is 14.1. The van der Waals surface area contributed by atoms with Crippen molar-refractivity contribution in [1.29, 1.82) is 0 Å². The van der Waals surface area contributed by atoms with Gasteiger partial charge in [0, 0.05) is 41.4 Å². The molecule has 1 aliphatic heterocycles. The highest BCUT2D eigenvalue weighted by atomic mass is 35.5. The number of benzene rings is 2. The fourth-order valence-electron chi connectivity index (χ4n) is 2.70. The van der Waals surface area contributed by atoms with Gasteiger partial charge in [0.2, 0.25) is 5.91 Å². The number of anilines is 1. The van der Waals surface area contributed by atoms with E-state index in [2.05, 4.69) is 5.32 Å². The maximum atomic E-state index is 12.3. The Kier molecular flexibility index (Phi) is 4.67. The largest absolute Gasteiger partial charge is 0.347 e. The summed E-state index contributed by atoms with van der Waals surface area (Å²) >= 11 is 5.85. The second-order valence-electron chi connectivity index (χ2n) is 5.66. The first-order chi connectivity index (χ1) is 11.9. The molecule has 0 aromatic heterocycles. The van der Waals surface area contributed by atoms with Crippen molar-refractivity contribution >= 4 is 34.8 Å². The molecule has 25 heavy (non-hydrogen) atoms. The summed E-state index contributed by atoms with van der Waals surface area (Å²) in [7, 11) is 0. The third-order valence-corrected chi connectivity index (χ3v) is 4.17. The molecule has 1 N–H and O–H groups in total. The molecule has 1 fully saturated rings. The number of amides is 2. The lowest BCUT2D eigenvalue weighted by molar-refractivity contribution is -0.384. The van der Waals surface area contributed by atoms with Gasteiger partial charge in [-0.2, -0.15) is 0 Å². The zero-order valence-corrected chi connectivity index (χ0v) is 13.8. The normalized spacial score (nSPS) is 16.8. The van der Waals surface area contributed by atoms with Crippen LogP contribution >= 0.6 is 11.6 Å². The number of carbonyl (C=O) groups excluding carboxylic acids is 2. The lowest BCUT2D eigenvalue weighted by atomic mass is 10.1. The predicted molar refractivity (Wildman–Crippen MR) is 92.8 cm³/mol. The maximum Gasteiger partial charge on any atom is 0.270 e. The molecule has 0 spiro atoms. The Labute approximate surface area is 148 Å². The molecular formula is C17H14ClN3O4. The molecule has 1 heterocycles. The first kappa shape index (κ1) is 16.9. The predicted octanol–water partition coefficient (Wildman–Crippen LogP) is 2.78. The second-order valence-corrected chi connectivity index (χ2v) is 6.10. The molecule has 0 bridgehead atoms. The quantitative estimate of drug-likeness (QED) is 0.671. The molecule has 1 saturated heterocycles. The van der Waals surface area contributed by atoms with Crippen molar-refractivity contribution in [3.8, 4) is 0 Å². The second kappa shape index (κ2) is 6.90. The fourth-order valence-corrected chi connectivity index (χ4v) is 2.83. The van der Waals surface area contributed by atoms with Gasteiger partial charge in [0.05, 0.1) is 11.0 Å². The first-order valence-corrected chi connectivity index (χ1v) is 7.93. The van der Waals surface area contributed by atoms with Crippen LogP contribution in [0.15, 0.2) is 48.5 Å². The molecule has 0 aliphatic carbocycles. The first-order valence-electron chi connectivity index (χ1n) is 7.55. The van der Waals surface area contributed by atoms with Crippen molar-refractivity contribution in [2.45, 2.75) is 12.5 Å². The SMILES string of the molecule is O=C(NC1CC(=O)N(c2ccc(Cl)cc2)C1)c1cccc([N+](=O)[O-])c1. The van der Waals surface area contributed by atoms with Gasteiger partial charge in [-0.3, -0.25) is 19.7 Å². The summed E-state index contributed by atoms with van der Waals surface area (Å²) in [6, 6.07) is 12.0. The number of nitrogens with zero attached hydrogens (tertiary/aromatic N) is 2. The lowest BCUT2D eigenvalue weighted by Crippen LogP contribution is -2.37. The fraction of sp³-hybridized carbons (Fsp3) is 0.176. The Morgan fingerprint density at radius 2 is 1.96 bits per heavy atom. The Hall–Kier alpha value is -2.93. The molecular weight excluding hydrogens is 346 g/mol. The number of nitro benzene ring substituents is 1. The van der Waals surface area contributed by atoms with E-state index in [9.17, 15) is 19.7 Å². The van der Waals surface area contributed by atoms with Crippen LogP contribution < -0.4 is 10.2 Å². The van der Waals surface area contributed by atoms with Gasteiger partial charge >= 0.3 is 0 Å². The van der Waals surface area contributed by atoms with Crippen LogP contribution in [0.2, 0.25) is 5.02 Å². The van der Waals surface area contributed by atoms with E-state index in [4.69, 9.17) is 11.6 Å². The Bertz CT molecular complexity index is 838. The summed E-state index contributed by atoms with van der Waals surface area (Å²) in [4.78, 5) is 36.3. The number of hydrogen-bond donors (Lipinski definition) is 1. The number of nitro groups is 1. The Morgan fingerprint density at radius 1 is 1.24 bits per heavy atom. The monoisotopic (exact) mass is 359 g/mol. The average molecular weight is 360 g/mol. The third-order valence-electron chi connectivity index (χ3n) is 3.92. The van der Waals surface area contributed by atoms with Crippen molar-refractivity contribution < 1.29 is 14.5 Å². The molecule has 7 nitrogen and oxygen atoms in total. The number of non-ortho nitro benzene ring substituents is 1. The third kappa shape index (κ3) is 3.77. The zero-order valence-electron chi connectivity index (χ0n) is 13.0. The summed E-state index contributed by atoms with van der Waals surface area (Å²) in [5.74, 6) is -0.550. The van der Waals surface area contributed by atoms with Crippen LogP contribution in [0.4, 0.5) is 11.4 Å².